The molecule has 2 unspecified atom stereocenters. The number of hydrogen-bond donors (Lipinski definition) is 1. The first-order valence-corrected chi connectivity index (χ1v) is 13.4. The third kappa shape index (κ3) is 5.36. The number of benzene rings is 2. The smallest absolute Gasteiger partial charge is 0.244 e. The molecule has 32 heavy (non-hydrogen) atoms. The molecular formula is C22H27FN2O5S2. The molecule has 0 radical (unpaired) electrons. The van der Waals surface area contributed by atoms with Gasteiger partial charge in [-0.05, 0) is 43.0 Å². The first kappa shape index (κ1) is 24.3. The molecule has 1 aliphatic heterocycles. The Labute approximate surface area is 188 Å². The van der Waals surface area contributed by atoms with Crippen molar-refractivity contribution in [3.05, 3.63) is 60.4 Å². The van der Waals surface area contributed by atoms with Gasteiger partial charge in [-0.2, -0.15) is 4.72 Å². The zero-order chi connectivity index (χ0) is 23.5. The number of sulfonamides is 1. The van der Waals surface area contributed by atoms with Crippen LogP contribution in [0.5, 0.6) is 0 Å². The molecule has 1 fully saturated rings. The number of amides is 1. The van der Waals surface area contributed by atoms with Crippen molar-refractivity contribution in [3.8, 4) is 0 Å². The molecule has 10 heteroatoms. The van der Waals surface area contributed by atoms with Crippen molar-refractivity contribution in [1.82, 2.24) is 9.62 Å². The van der Waals surface area contributed by atoms with Crippen LogP contribution in [0.3, 0.4) is 0 Å². The maximum absolute atomic E-state index is 14.1. The lowest BCUT2D eigenvalue weighted by atomic mass is 10.0. The van der Waals surface area contributed by atoms with E-state index in [0.29, 0.717) is 0 Å². The fraction of sp³-hybridized carbons (Fsp3) is 0.409. The lowest BCUT2D eigenvalue weighted by Gasteiger charge is -2.25. The fourth-order valence-corrected chi connectivity index (χ4v) is 6.78. The van der Waals surface area contributed by atoms with Gasteiger partial charge in [0.15, 0.2) is 9.84 Å². The highest BCUT2D eigenvalue weighted by Crippen LogP contribution is 2.25. The SMILES string of the molecule is CC(C)CC(NS(=O)(=O)c1ccccc1F)C(=O)N1CCC(S(=O)(=O)c2ccccc2)C1. The zero-order valence-electron chi connectivity index (χ0n) is 17.9. The summed E-state index contributed by atoms with van der Waals surface area (Å²) in [7, 11) is -7.91. The van der Waals surface area contributed by atoms with Gasteiger partial charge in [-0.1, -0.05) is 44.2 Å². The van der Waals surface area contributed by atoms with Crippen LogP contribution in [0.2, 0.25) is 0 Å². The predicted molar refractivity (Wildman–Crippen MR) is 119 cm³/mol. The molecule has 1 amide bonds. The van der Waals surface area contributed by atoms with Gasteiger partial charge in [0.05, 0.1) is 10.1 Å². The molecule has 0 bridgehead atoms. The molecule has 1 heterocycles. The van der Waals surface area contributed by atoms with Gasteiger partial charge in [0.2, 0.25) is 15.9 Å². The zero-order valence-corrected chi connectivity index (χ0v) is 19.6. The van der Waals surface area contributed by atoms with Gasteiger partial charge < -0.3 is 4.90 Å². The lowest BCUT2D eigenvalue weighted by molar-refractivity contribution is -0.132. The number of nitrogens with zero attached hydrogens (tertiary/aromatic N) is 1. The molecule has 0 saturated carbocycles. The molecule has 0 aromatic heterocycles. The first-order valence-electron chi connectivity index (χ1n) is 10.4. The topological polar surface area (TPSA) is 101 Å². The molecule has 0 aliphatic carbocycles. The van der Waals surface area contributed by atoms with Crippen LogP contribution in [-0.2, 0) is 24.7 Å². The van der Waals surface area contributed by atoms with Crippen LogP contribution in [-0.4, -0.2) is 52.0 Å². The van der Waals surface area contributed by atoms with E-state index in [1.54, 1.807) is 18.2 Å². The van der Waals surface area contributed by atoms with Crippen molar-refractivity contribution in [2.45, 2.75) is 47.8 Å². The van der Waals surface area contributed by atoms with Crippen molar-refractivity contribution in [1.29, 1.82) is 0 Å². The average Bonchev–Trinajstić information content (AvgIpc) is 3.24. The molecule has 2 atom stereocenters. The van der Waals surface area contributed by atoms with Crippen molar-refractivity contribution >= 4 is 25.8 Å². The fourth-order valence-electron chi connectivity index (χ4n) is 3.79. The number of rotatable bonds is 8. The summed E-state index contributed by atoms with van der Waals surface area (Å²) in [6.45, 7) is 3.85. The number of likely N-dealkylation sites (tertiary alicyclic amines) is 1. The maximum Gasteiger partial charge on any atom is 0.244 e. The van der Waals surface area contributed by atoms with E-state index < -0.39 is 47.8 Å². The third-order valence-electron chi connectivity index (χ3n) is 5.40. The number of halogens is 1. The first-order chi connectivity index (χ1) is 15.0. The highest BCUT2D eigenvalue weighted by molar-refractivity contribution is 7.92. The highest BCUT2D eigenvalue weighted by atomic mass is 32.2. The van der Waals surface area contributed by atoms with E-state index in [1.807, 2.05) is 13.8 Å². The van der Waals surface area contributed by atoms with E-state index in [4.69, 9.17) is 0 Å². The normalized spacial score (nSPS) is 18.1. The summed E-state index contributed by atoms with van der Waals surface area (Å²) in [5.74, 6) is -1.45. The van der Waals surface area contributed by atoms with E-state index in [1.165, 1.54) is 29.2 Å². The van der Waals surface area contributed by atoms with Crippen molar-refractivity contribution in [2.24, 2.45) is 5.92 Å². The molecule has 7 nitrogen and oxygen atoms in total. The predicted octanol–water partition coefficient (Wildman–Crippen LogP) is 2.59. The number of hydrogen-bond acceptors (Lipinski definition) is 5. The molecule has 3 rings (SSSR count). The minimum absolute atomic E-state index is 0.0217. The number of sulfone groups is 1. The van der Waals surface area contributed by atoms with Gasteiger partial charge in [0.25, 0.3) is 0 Å². The summed E-state index contributed by atoms with van der Waals surface area (Å²) >= 11 is 0. The summed E-state index contributed by atoms with van der Waals surface area (Å²) in [6, 6.07) is 11.9. The standard InChI is InChI=1S/C22H27FN2O5S2/c1-16(2)14-20(24-32(29,30)21-11-7-6-10-19(21)23)22(26)25-13-12-18(15-25)31(27,28)17-8-4-3-5-9-17/h3-11,16,18,20,24H,12-15H2,1-2H3. The Bertz CT molecular complexity index is 1170. The van der Waals surface area contributed by atoms with Gasteiger partial charge >= 0.3 is 0 Å². The quantitative estimate of drug-likeness (QED) is 0.623. The molecule has 0 spiro atoms. The number of nitrogens with one attached hydrogen (secondary N) is 1. The lowest BCUT2D eigenvalue weighted by Crippen LogP contribution is -2.49. The van der Waals surface area contributed by atoms with Crippen LogP contribution in [0.25, 0.3) is 0 Å². The van der Waals surface area contributed by atoms with Crippen molar-refractivity contribution in [2.75, 3.05) is 13.1 Å². The largest absolute Gasteiger partial charge is 0.340 e. The van der Waals surface area contributed by atoms with E-state index in [2.05, 4.69) is 4.72 Å². The van der Waals surface area contributed by atoms with E-state index >= 15 is 0 Å². The summed E-state index contributed by atoms with van der Waals surface area (Å²) < 4.78 is 67.7. The molecule has 1 aliphatic rings. The monoisotopic (exact) mass is 482 g/mol. The van der Waals surface area contributed by atoms with Gasteiger partial charge in [-0.3, -0.25) is 4.79 Å². The Morgan fingerprint density at radius 2 is 1.69 bits per heavy atom. The van der Waals surface area contributed by atoms with Crippen LogP contribution >= 0.6 is 0 Å². The second-order valence-corrected chi connectivity index (χ2v) is 12.2. The summed E-state index contributed by atoms with van der Waals surface area (Å²) in [5, 5.41) is -0.767. The molecular weight excluding hydrogens is 455 g/mol. The van der Waals surface area contributed by atoms with Gasteiger partial charge in [-0.25, -0.2) is 21.2 Å². The molecule has 2 aromatic rings. The van der Waals surface area contributed by atoms with Gasteiger partial charge in [0.1, 0.15) is 16.8 Å². The van der Waals surface area contributed by atoms with Crippen LogP contribution in [0, 0.1) is 11.7 Å². The van der Waals surface area contributed by atoms with Crippen LogP contribution in [0.4, 0.5) is 4.39 Å². The van der Waals surface area contributed by atoms with E-state index in [0.717, 1.165) is 12.1 Å². The molecule has 1 N–H and O–H groups in total. The maximum atomic E-state index is 14.1. The third-order valence-corrected chi connectivity index (χ3v) is 9.09. The Hall–Kier alpha value is -2.30. The Kier molecular flexibility index (Phi) is 7.36. The molecule has 1 saturated heterocycles. The van der Waals surface area contributed by atoms with Crippen molar-refractivity contribution in [3.63, 3.8) is 0 Å². The molecule has 2 aromatic carbocycles. The Morgan fingerprint density at radius 3 is 2.31 bits per heavy atom. The minimum atomic E-state index is -4.29. The van der Waals surface area contributed by atoms with Gasteiger partial charge in [0, 0.05) is 13.1 Å². The highest BCUT2D eigenvalue weighted by Gasteiger charge is 2.39. The van der Waals surface area contributed by atoms with E-state index in [9.17, 15) is 26.0 Å². The summed E-state index contributed by atoms with van der Waals surface area (Å²) in [6.07, 6.45) is 0.455. The van der Waals surface area contributed by atoms with Crippen LogP contribution < -0.4 is 4.72 Å². The van der Waals surface area contributed by atoms with Crippen LogP contribution in [0.15, 0.2) is 64.4 Å². The Morgan fingerprint density at radius 1 is 1.06 bits per heavy atom. The second kappa shape index (κ2) is 9.68. The number of carbonyl (C=O) groups is 1. The minimum Gasteiger partial charge on any atom is -0.340 e. The Balaban J connectivity index is 1.79. The average molecular weight is 483 g/mol. The molecule has 174 valence electrons. The van der Waals surface area contributed by atoms with E-state index in [-0.39, 0.29) is 36.7 Å². The number of carbonyl (C=O) groups excluding carboxylic acids is 1. The summed E-state index contributed by atoms with van der Waals surface area (Å²) in [4.78, 5) is 14.2. The summed E-state index contributed by atoms with van der Waals surface area (Å²) in [5.41, 5.74) is 0. The van der Waals surface area contributed by atoms with Gasteiger partial charge in [-0.15, -0.1) is 0 Å². The second-order valence-electron chi connectivity index (χ2n) is 8.29. The van der Waals surface area contributed by atoms with Crippen molar-refractivity contribution < 1.29 is 26.0 Å². The van der Waals surface area contributed by atoms with Crippen LogP contribution in [0.1, 0.15) is 26.7 Å².